The largest absolute Gasteiger partial charge is 0.329 e. The molecule has 0 saturated carbocycles. The fourth-order valence-electron chi connectivity index (χ4n) is 2.25. The molecule has 4 heteroatoms. The number of fused-ring (bicyclic) bond motifs is 1. The van der Waals surface area contributed by atoms with Crippen molar-refractivity contribution in [2.75, 3.05) is 5.75 Å². The number of aromatic nitrogens is 2. The Bertz CT molecular complexity index is 664. The van der Waals surface area contributed by atoms with E-state index in [-0.39, 0.29) is 5.69 Å². The maximum atomic E-state index is 12.5. The third-order valence-corrected chi connectivity index (χ3v) is 4.10. The third kappa shape index (κ3) is 2.01. The molecule has 0 radical (unpaired) electrons. The molecule has 0 N–H and O–H groups in total. The molecule has 18 heavy (non-hydrogen) atoms. The normalized spacial score (nSPS) is 18.2. The highest BCUT2D eigenvalue weighted by Crippen LogP contribution is 2.31. The van der Waals surface area contributed by atoms with Crippen LogP contribution in [-0.2, 0) is 13.1 Å². The summed E-state index contributed by atoms with van der Waals surface area (Å²) in [4.78, 5) is 12.5. The van der Waals surface area contributed by atoms with Gasteiger partial charge < -0.3 is 0 Å². The van der Waals surface area contributed by atoms with Crippen LogP contribution in [-0.4, -0.2) is 20.1 Å². The average Bonchev–Trinajstić information content (AvgIpc) is 3.12. The van der Waals surface area contributed by atoms with Crippen molar-refractivity contribution in [1.82, 2.24) is 9.13 Å². The molecule has 1 fully saturated rings. The third-order valence-electron chi connectivity index (χ3n) is 3.14. The van der Waals surface area contributed by atoms with Crippen LogP contribution in [0.2, 0.25) is 0 Å². The number of thioether (sulfide) groups is 1. The van der Waals surface area contributed by atoms with E-state index in [0.717, 1.165) is 23.2 Å². The van der Waals surface area contributed by atoms with Crippen LogP contribution >= 0.6 is 11.8 Å². The van der Waals surface area contributed by atoms with Gasteiger partial charge in [-0.1, -0.05) is 24.3 Å². The van der Waals surface area contributed by atoms with Gasteiger partial charge in [0.2, 0.25) is 0 Å². The molecule has 2 heterocycles. The van der Waals surface area contributed by atoms with E-state index < -0.39 is 0 Å². The fraction of sp³-hybridized carbons (Fsp3) is 0.357. The zero-order chi connectivity index (χ0) is 12.7. The van der Waals surface area contributed by atoms with Crippen molar-refractivity contribution in [3.63, 3.8) is 0 Å². The summed E-state index contributed by atoms with van der Waals surface area (Å²) in [5.41, 5.74) is 3.14. The quantitative estimate of drug-likeness (QED) is 0.624. The van der Waals surface area contributed by atoms with E-state index in [9.17, 15) is 4.79 Å². The Labute approximate surface area is 110 Å². The number of allylic oxidation sites excluding steroid dienone is 1. The van der Waals surface area contributed by atoms with E-state index in [1.807, 2.05) is 52.1 Å². The summed E-state index contributed by atoms with van der Waals surface area (Å²) in [5.74, 6) is 1.17. The Morgan fingerprint density at radius 1 is 1.39 bits per heavy atom. The van der Waals surface area contributed by atoms with E-state index in [4.69, 9.17) is 0 Å². The van der Waals surface area contributed by atoms with Crippen LogP contribution < -0.4 is 5.69 Å². The molecule has 1 aliphatic rings. The monoisotopic (exact) mass is 260 g/mol. The first-order valence-electron chi connectivity index (χ1n) is 6.11. The molecule has 1 aromatic heterocycles. The average molecular weight is 260 g/mol. The van der Waals surface area contributed by atoms with Gasteiger partial charge >= 0.3 is 5.69 Å². The van der Waals surface area contributed by atoms with Crippen LogP contribution in [0.4, 0.5) is 0 Å². The van der Waals surface area contributed by atoms with Gasteiger partial charge in [-0.25, -0.2) is 4.79 Å². The maximum Gasteiger partial charge on any atom is 0.329 e. The molecule has 0 amide bonds. The van der Waals surface area contributed by atoms with Crippen LogP contribution in [0, 0.1) is 0 Å². The van der Waals surface area contributed by atoms with Gasteiger partial charge in [-0.15, -0.1) is 0 Å². The van der Waals surface area contributed by atoms with Crippen LogP contribution in [0.1, 0.15) is 6.92 Å². The van der Waals surface area contributed by atoms with E-state index >= 15 is 0 Å². The standard InChI is InChI=1S/C14H16N2OS/c1-10(2)7-15-12-5-3-4-6-13(12)16(14(15)17)8-11-9-18-11/h3-6,11H,1,7-9H2,2H3/t11-/m0/s1. The molecule has 3 nitrogen and oxygen atoms in total. The summed E-state index contributed by atoms with van der Waals surface area (Å²) < 4.78 is 3.73. The predicted octanol–water partition coefficient (Wildman–Crippen LogP) is 2.49. The van der Waals surface area contributed by atoms with Crippen LogP contribution in [0.5, 0.6) is 0 Å². The molecule has 0 aliphatic carbocycles. The van der Waals surface area contributed by atoms with Crippen molar-refractivity contribution in [2.45, 2.75) is 25.3 Å². The first-order valence-corrected chi connectivity index (χ1v) is 7.16. The smallest absolute Gasteiger partial charge is 0.291 e. The molecular weight excluding hydrogens is 244 g/mol. The lowest BCUT2D eigenvalue weighted by Crippen LogP contribution is -2.26. The number of benzene rings is 1. The maximum absolute atomic E-state index is 12.5. The molecule has 0 unspecified atom stereocenters. The van der Waals surface area contributed by atoms with Crippen molar-refractivity contribution in [3.05, 3.63) is 46.9 Å². The van der Waals surface area contributed by atoms with E-state index in [1.165, 1.54) is 5.75 Å². The van der Waals surface area contributed by atoms with Crippen molar-refractivity contribution < 1.29 is 0 Å². The van der Waals surface area contributed by atoms with Crippen LogP contribution in [0.15, 0.2) is 41.2 Å². The van der Waals surface area contributed by atoms with Crippen molar-refractivity contribution in [1.29, 1.82) is 0 Å². The van der Waals surface area contributed by atoms with Gasteiger partial charge in [-0.3, -0.25) is 9.13 Å². The topological polar surface area (TPSA) is 26.9 Å². The Morgan fingerprint density at radius 3 is 2.56 bits per heavy atom. The molecule has 1 aliphatic heterocycles. The summed E-state index contributed by atoms with van der Waals surface area (Å²) in [6.45, 7) is 7.29. The Morgan fingerprint density at radius 2 is 2.00 bits per heavy atom. The van der Waals surface area contributed by atoms with Crippen molar-refractivity contribution in [2.24, 2.45) is 0 Å². The lowest BCUT2D eigenvalue weighted by Gasteiger charge is -2.01. The van der Waals surface area contributed by atoms with Crippen LogP contribution in [0.25, 0.3) is 11.0 Å². The van der Waals surface area contributed by atoms with E-state index in [0.29, 0.717) is 11.8 Å². The summed E-state index contributed by atoms with van der Waals surface area (Å²) in [5, 5.41) is 0.617. The van der Waals surface area contributed by atoms with Crippen molar-refractivity contribution in [3.8, 4) is 0 Å². The Hall–Kier alpha value is -1.42. The predicted molar refractivity (Wildman–Crippen MR) is 77.3 cm³/mol. The molecule has 0 spiro atoms. The molecule has 94 valence electrons. The highest BCUT2D eigenvalue weighted by Gasteiger charge is 2.25. The molecule has 1 aromatic carbocycles. The highest BCUT2D eigenvalue weighted by atomic mass is 32.2. The van der Waals surface area contributed by atoms with Crippen LogP contribution in [0.3, 0.4) is 0 Å². The van der Waals surface area contributed by atoms with Gasteiger partial charge in [-0.2, -0.15) is 11.8 Å². The summed E-state index contributed by atoms with van der Waals surface area (Å²) in [6.07, 6.45) is 0. The highest BCUT2D eigenvalue weighted by molar-refractivity contribution is 8.06. The summed E-state index contributed by atoms with van der Waals surface area (Å²) in [7, 11) is 0. The Kier molecular flexibility index (Phi) is 2.82. The lowest BCUT2D eigenvalue weighted by atomic mass is 10.3. The SMILES string of the molecule is C=C(C)Cn1c(=O)n(C[C@H]2CS2)c2ccccc21. The van der Waals surface area contributed by atoms with E-state index in [1.54, 1.807) is 0 Å². The number of para-hydroxylation sites is 2. The minimum atomic E-state index is 0.0895. The number of nitrogens with zero attached hydrogens (tertiary/aromatic N) is 2. The Balaban J connectivity index is 2.18. The molecule has 3 rings (SSSR count). The lowest BCUT2D eigenvalue weighted by molar-refractivity contribution is 0.662. The zero-order valence-electron chi connectivity index (χ0n) is 10.4. The van der Waals surface area contributed by atoms with Gasteiger partial charge in [0, 0.05) is 24.1 Å². The molecule has 0 bridgehead atoms. The number of hydrogen-bond donors (Lipinski definition) is 0. The fourth-order valence-corrected chi connectivity index (χ4v) is 2.74. The van der Waals surface area contributed by atoms with Gasteiger partial charge in [0.05, 0.1) is 11.0 Å². The van der Waals surface area contributed by atoms with Crippen molar-refractivity contribution >= 4 is 22.8 Å². The number of hydrogen-bond acceptors (Lipinski definition) is 2. The molecular formula is C14H16N2OS. The van der Waals surface area contributed by atoms with Gasteiger partial charge in [-0.05, 0) is 19.1 Å². The first kappa shape index (κ1) is 11.7. The van der Waals surface area contributed by atoms with Gasteiger partial charge in [0.25, 0.3) is 0 Å². The first-order chi connectivity index (χ1) is 8.66. The second-order valence-corrected chi connectivity index (χ2v) is 6.21. The zero-order valence-corrected chi connectivity index (χ0v) is 11.2. The molecule has 1 atom stereocenters. The minimum Gasteiger partial charge on any atom is -0.291 e. The number of imidazole rings is 1. The second-order valence-electron chi connectivity index (χ2n) is 4.88. The van der Waals surface area contributed by atoms with Gasteiger partial charge in [0.1, 0.15) is 0 Å². The summed E-state index contributed by atoms with van der Waals surface area (Å²) >= 11 is 1.92. The minimum absolute atomic E-state index is 0.0895. The molecule has 2 aromatic rings. The number of rotatable bonds is 4. The van der Waals surface area contributed by atoms with Gasteiger partial charge in [0.15, 0.2) is 0 Å². The summed E-state index contributed by atoms with van der Waals surface area (Å²) in [6, 6.07) is 8.01. The second kappa shape index (κ2) is 4.35. The molecule has 1 saturated heterocycles. The van der Waals surface area contributed by atoms with E-state index in [2.05, 4.69) is 6.58 Å².